The Morgan fingerprint density at radius 1 is 1.41 bits per heavy atom. The number of nitrogens with two attached hydrogens (primary N) is 1. The number of aliphatic hydroxyl groups is 1. The Hall–Kier alpha value is -1.64. The molecule has 96 valence electrons. The first-order valence-corrected chi connectivity index (χ1v) is 4.18. The zero-order chi connectivity index (χ0) is 13.2. The van der Waals surface area contributed by atoms with E-state index in [4.69, 9.17) is 10.8 Å². The molecule has 1 rings (SSSR count). The molecule has 0 radical (unpaired) electrons. The quantitative estimate of drug-likeness (QED) is 0.813. The standard InChI is InChI=1S/C8H7F5N2O2/c9-5(10)4-1-3(2-16)6(14)15-7(4)17-8(11,12)13/h1,5,16H,2H2,(H2,14,15). The normalized spacial score (nSPS) is 11.9. The molecule has 0 spiro atoms. The number of nitrogen functional groups attached to an aromatic ring is 1. The summed E-state index contributed by atoms with van der Waals surface area (Å²) in [4.78, 5) is 3.05. The zero-order valence-corrected chi connectivity index (χ0v) is 8.13. The topological polar surface area (TPSA) is 68.4 Å². The number of aliphatic hydroxyl groups excluding tert-OH is 1. The lowest BCUT2D eigenvalue weighted by Gasteiger charge is -2.13. The Labute approximate surface area is 91.8 Å². The molecule has 0 saturated carbocycles. The Morgan fingerprint density at radius 3 is 2.41 bits per heavy atom. The van der Waals surface area contributed by atoms with E-state index < -0.39 is 36.7 Å². The number of halogens is 5. The van der Waals surface area contributed by atoms with Crippen LogP contribution in [0.1, 0.15) is 17.6 Å². The van der Waals surface area contributed by atoms with Gasteiger partial charge in [0.1, 0.15) is 5.82 Å². The number of anilines is 1. The lowest BCUT2D eigenvalue weighted by atomic mass is 10.2. The lowest BCUT2D eigenvalue weighted by Crippen LogP contribution is -2.20. The van der Waals surface area contributed by atoms with Crippen LogP contribution in [0.4, 0.5) is 27.8 Å². The predicted octanol–water partition coefficient (Wildman–Crippen LogP) is 1.99. The van der Waals surface area contributed by atoms with Crippen molar-refractivity contribution in [2.24, 2.45) is 0 Å². The molecular weight excluding hydrogens is 251 g/mol. The number of nitrogens with zero attached hydrogens (tertiary/aromatic N) is 1. The summed E-state index contributed by atoms with van der Waals surface area (Å²) < 4.78 is 63.9. The zero-order valence-electron chi connectivity index (χ0n) is 8.13. The van der Waals surface area contributed by atoms with Gasteiger partial charge in [-0.05, 0) is 6.07 Å². The van der Waals surface area contributed by atoms with Crippen LogP contribution in [0.15, 0.2) is 6.07 Å². The van der Waals surface area contributed by atoms with E-state index in [-0.39, 0.29) is 5.56 Å². The number of ether oxygens (including phenoxy) is 1. The molecule has 0 aliphatic carbocycles. The van der Waals surface area contributed by atoms with Crippen molar-refractivity contribution in [2.45, 2.75) is 19.4 Å². The molecule has 17 heavy (non-hydrogen) atoms. The number of alkyl halides is 5. The maximum atomic E-state index is 12.4. The van der Waals surface area contributed by atoms with Crippen molar-refractivity contribution >= 4 is 5.82 Å². The third-order valence-corrected chi connectivity index (χ3v) is 1.75. The molecule has 0 fully saturated rings. The Balaban J connectivity index is 3.23. The molecule has 0 saturated heterocycles. The molecule has 1 aromatic rings. The number of hydrogen-bond donors (Lipinski definition) is 2. The van der Waals surface area contributed by atoms with Gasteiger partial charge in [0.25, 0.3) is 6.43 Å². The largest absolute Gasteiger partial charge is 0.574 e. The van der Waals surface area contributed by atoms with Crippen LogP contribution in [0.3, 0.4) is 0 Å². The van der Waals surface area contributed by atoms with Gasteiger partial charge in [-0.3, -0.25) is 0 Å². The van der Waals surface area contributed by atoms with Gasteiger partial charge in [-0.1, -0.05) is 0 Å². The van der Waals surface area contributed by atoms with E-state index in [0.29, 0.717) is 6.07 Å². The maximum absolute atomic E-state index is 12.4. The Kier molecular flexibility index (Phi) is 3.71. The second kappa shape index (κ2) is 4.70. The number of pyridine rings is 1. The molecule has 0 aromatic carbocycles. The summed E-state index contributed by atoms with van der Waals surface area (Å²) in [6.45, 7) is -0.717. The Morgan fingerprint density at radius 2 is 2.00 bits per heavy atom. The fourth-order valence-electron chi connectivity index (χ4n) is 1.04. The molecule has 1 aromatic heterocycles. The maximum Gasteiger partial charge on any atom is 0.574 e. The van der Waals surface area contributed by atoms with Gasteiger partial charge in [0.2, 0.25) is 5.88 Å². The summed E-state index contributed by atoms with van der Waals surface area (Å²) >= 11 is 0. The van der Waals surface area contributed by atoms with E-state index in [0.717, 1.165) is 0 Å². The van der Waals surface area contributed by atoms with Crippen molar-refractivity contribution in [1.82, 2.24) is 4.98 Å². The van der Waals surface area contributed by atoms with Crippen molar-refractivity contribution in [3.8, 4) is 5.88 Å². The summed E-state index contributed by atoms with van der Waals surface area (Å²) in [6.07, 6.45) is -8.38. The SMILES string of the molecule is Nc1nc(OC(F)(F)F)c(C(F)F)cc1CO. The first-order valence-electron chi connectivity index (χ1n) is 4.18. The molecule has 0 amide bonds. The molecular formula is C8H7F5N2O2. The molecule has 4 nitrogen and oxygen atoms in total. The van der Waals surface area contributed by atoms with Gasteiger partial charge in [0, 0.05) is 5.56 Å². The number of rotatable bonds is 3. The minimum Gasteiger partial charge on any atom is -0.392 e. The average molecular weight is 258 g/mol. The second-order valence-electron chi connectivity index (χ2n) is 2.93. The van der Waals surface area contributed by atoms with Gasteiger partial charge in [-0.25, -0.2) is 8.78 Å². The van der Waals surface area contributed by atoms with Crippen LogP contribution in [0, 0.1) is 0 Å². The molecule has 9 heteroatoms. The summed E-state index contributed by atoms with van der Waals surface area (Å²) in [6, 6.07) is 0.619. The van der Waals surface area contributed by atoms with E-state index in [9.17, 15) is 22.0 Å². The van der Waals surface area contributed by atoms with Gasteiger partial charge < -0.3 is 15.6 Å². The fraction of sp³-hybridized carbons (Fsp3) is 0.375. The van der Waals surface area contributed by atoms with Crippen LogP contribution in [-0.4, -0.2) is 16.5 Å². The van der Waals surface area contributed by atoms with Gasteiger partial charge in [-0.15, -0.1) is 13.2 Å². The van der Waals surface area contributed by atoms with Crippen molar-refractivity contribution in [3.63, 3.8) is 0 Å². The van der Waals surface area contributed by atoms with Gasteiger partial charge in [0.15, 0.2) is 0 Å². The van der Waals surface area contributed by atoms with Crippen LogP contribution < -0.4 is 10.5 Å². The lowest BCUT2D eigenvalue weighted by molar-refractivity contribution is -0.276. The van der Waals surface area contributed by atoms with Crippen LogP contribution in [0.2, 0.25) is 0 Å². The molecule has 3 N–H and O–H groups in total. The van der Waals surface area contributed by atoms with Crippen molar-refractivity contribution in [3.05, 3.63) is 17.2 Å². The molecule has 0 aliphatic rings. The molecule has 0 atom stereocenters. The average Bonchev–Trinajstić information content (AvgIpc) is 2.14. The third kappa shape index (κ3) is 3.41. The fourth-order valence-corrected chi connectivity index (χ4v) is 1.04. The van der Waals surface area contributed by atoms with Crippen LogP contribution in [-0.2, 0) is 6.61 Å². The molecule has 0 bridgehead atoms. The first-order chi connectivity index (χ1) is 7.74. The molecule has 1 heterocycles. The summed E-state index contributed by atoms with van der Waals surface area (Å²) in [5, 5.41) is 8.72. The van der Waals surface area contributed by atoms with Gasteiger partial charge >= 0.3 is 6.36 Å². The van der Waals surface area contributed by atoms with Crippen molar-refractivity contribution in [2.75, 3.05) is 5.73 Å². The van der Waals surface area contributed by atoms with E-state index in [2.05, 4.69) is 9.72 Å². The predicted molar refractivity (Wildman–Crippen MR) is 46.2 cm³/mol. The highest BCUT2D eigenvalue weighted by Gasteiger charge is 2.34. The first kappa shape index (κ1) is 13.4. The van der Waals surface area contributed by atoms with Crippen LogP contribution in [0.25, 0.3) is 0 Å². The second-order valence-corrected chi connectivity index (χ2v) is 2.93. The van der Waals surface area contributed by atoms with Crippen LogP contribution in [0.5, 0.6) is 5.88 Å². The summed E-state index contributed by atoms with van der Waals surface area (Å²) in [5.74, 6) is -1.82. The van der Waals surface area contributed by atoms with Crippen molar-refractivity contribution in [1.29, 1.82) is 0 Å². The monoisotopic (exact) mass is 258 g/mol. The van der Waals surface area contributed by atoms with Crippen LogP contribution >= 0.6 is 0 Å². The van der Waals surface area contributed by atoms with Gasteiger partial charge in [0.05, 0.1) is 12.2 Å². The highest BCUT2D eigenvalue weighted by atomic mass is 19.4. The summed E-state index contributed by atoms with van der Waals surface area (Å²) in [7, 11) is 0. The minimum absolute atomic E-state index is 0.199. The van der Waals surface area contributed by atoms with E-state index >= 15 is 0 Å². The minimum atomic E-state index is -5.15. The van der Waals surface area contributed by atoms with E-state index in [1.165, 1.54) is 0 Å². The Bertz CT molecular complexity index is 408. The highest BCUT2D eigenvalue weighted by molar-refractivity contribution is 5.46. The van der Waals surface area contributed by atoms with Crippen molar-refractivity contribution < 1.29 is 31.8 Å². The molecule has 0 unspecified atom stereocenters. The number of aromatic nitrogens is 1. The third-order valence-electron chi connectivity index (χ3n) is 1.75. The smallest absolute Gasteiger partial charge is 0.392 e. The van der Waals surface area contributed by atoms with E-state index in [1.807, 2.05) is 0 Å². The van der Waals surface area contributed by atoms with Gasteiger partial charge in [-0.2, -0.15) is 4.98 Å². The highest BCUT2D eigenvalue weighted by Crippen LogP contribution is 2.33. The molecule has 0 aliphatic heterocycles. The number of hydrogen-bond acceptors (Lipinski definition) is 4. The summed E-state index contributed by atoms with van der Waals surface area (Å²) in [5.41, 5.74) is 3.87. The van der Waals surface area contributed by atoms with E-state index in [1.54, 1.807) is 0 Å².